The van der Waals surface area contributed by atoms with Gasteiger partial charge in [0.25, 0.3) is 0 Å². The van der Waals surface area contributed by atoms with Gasteiger partial charge in [0.1, 0.15) is 5.69 Å². The van der Waals surface area contributed by atoms with Crippen molar-refractivity contribution in [1.82, 2.24) is 15.2 Å². The van der Waals surface area contributed by atoms with Gasteiger partial charge < -0.3 is 15.0 Å². The van der Waals surface area contributed by atoms with Crippen molar-refractivity contribution in [2.45, 2.75) is 19.4 Å². The lowest BCUT2D eigenvalue weighted by Gasteiger charge is -2.32. The molecule has 114 valence electrons. The van der Waals surface area contributed by atoms with E-state index in [0.717, 1.165) is 37.8 Å². The van der Waals surface area contributed by atoms with Crippen LogP contribution >= 0.6 is 12.4 Å². The molecule has 5 nitrogen and oxygen atoms in total. The molecular weight excluding hydrogens is 278 g/mol. The largest absolute Gasteiger partial charge is 0.464 e. The van der Waals surface area contributed by atoms with E-state index >= 15 is 0 Å². The number of piperidine rings is 1. The average molecular weight is 302 g/mol. The second-order valence-electron chi connectivity index (χ2n) is 5.19. The number of ether oxygens (including phenoxy) is 1. The van der Waals surface area contributed by atoms with Crippen LogP contribution in [0.5, 0.6) is 0 Å². The summed E-state index contributed by atoms with van der Waals surface area (Å²) in [4.78, 5) is 16.9. The van der Waals surface area contributed by atoms with Gasteiger partial charge in [-0.25, -0.2) is 4.79 Å². The van der Waals surface area contributed by atoms with Gasteiger partial charge in [0, 0.05) is 18.8 Å². The smallest absolute Gasteiger partial charge is 0.354 e. The normalized spacial score (nSPS) is 19.4. The zero-order chi connectivity index (χ0) is 13.7. The lowest BCUT2D eigenvalue weighted by atomic mass is 9.98. The average Bonchev–Trinajstić information content (AvgIpc) is 2.87. The molecule has 0 spiro atoms. The Balaban J connectivity index is 0.00000200. The van der Waals surface area contributed by atoms with E-state index in [0.29, 0.717) is 5.69 Å². The molecule has 6 heteroatoms. The maximum atomic E-state index is 11.4. The molecule has 0 amide bonds. The summed E-state index contributed by atoms with van der Waals surface area (Å²) >= 11 is 0. The molecule has 0 bridgehead atoms. The van der Waals surface area contributed by atoms with Gasteiger partial charge in [-0.3, -0.25) is 4.90 Å². The van der Waals surface area contributed by atoms with E-state index in [-0.39, 0.29) is 18.4 Å². The molecule has 0 radical (unpaired) electrons. The van der Waals surface area contributed by atoms with Gasteiger partial charge in [-0.2, -0.15) is 0 Å². The van der Waals surface area contributed by atoms with E-state index in [1.807, 2.05) is 13.1 Å². The molecule has 0 aliphatic carbocycles. The molecule has 2 rings (SSSR count). The zero-order valence-corrected chi connectivity index (χ0v) is 13.0. The van der Waals surface area contributed by atoms with Crippen LogP contribution in [-0.2, 0) is 11.3 Å². The Kier molecular flexibility index (Phi) is 7.05. The summed E-state index contributed by atoms with van der Waals surface area (Å²) < 4.78 is 4.70. The number of esters is 1. The summed E-state index contributed by atoms with van der Waals surface area (Å²) in [6.45, 7) is 4.20. The molecule has 1 atom stereocenters. The van der Waals surface area contributed by atoms with Crippen LogP contribution in [0, 0.1) is 5.92 Å². The minimum Gasteiger partial charge on any atom is -0.464 e. The van der Waals surface area contributed by atoms with Crippen LogP contribution < -0.4 is 5.32 Å². The number of halogens is 1. The van der Waals surface area contributed by atoms with E-state index < -0.39 is 0 Å². The van der Waals surface area contributed by atoms with Crippen molar-refractivity contribution in [1.29, 1.82) is 0 Å². The van der Waals surface area contributed by atoms with Crippen molar-refractivity contribution < 1.29 is 9.53 Å². The predicted octanol–water partition coefficient (Wildman–Crippen LogP) is 1.65. The number of hydrogen-bond acceptors (Lipinski definition) is 4. The first kappa shape index (κ1) is 17.0. The van der Waals surface area contributed by atoms with Crippen LogP contribution in [-0.4, -0.2) is 49.6 Å². The Morgan fingerprint density at radius 3 is 3.05 bits per heavy atom. The molecule has 2 N–H and O–H groups in total. The van der Waals surface area contributed by atoms with E-state index in [9.17, 15) is 4.79 Å². The van der Waals surface area contributed by atoms with Gasteiger partial charge in [-0.1, -0.05) is 0 Å². The summed E-state index contributed by atoms with van der Waals surface area (Å²) in [7, 11) is 3.41. The third kappa shape index (κ3) is 4.51. The molecule has 20 heavy (non-hydrogen) atoms. The van der Waals surface area contributed by atoms with E-state index in [2.05, 4.69) is 15.2 Å². The standard InChI is InChI=1S/C14H23N3O2.ClH/c1-15-8-11-4-3-7-17(9-11)10-12-5-6-13(16-12)14(18)19-2;/h5-6,11,15-16H,3-4,7-10H2,1-2H3;1H. The minimum absolute atomic E-state index is 0. The van der Waals surface area contributed by atoms with Gasteiger partial charge in [0.05, 0.1) is 7.11 Å². The number of likely N-dealkylation sites (tertiary alicyclic amines) is 1. The number of H-pyrrole nitrogens is 1. The van der Waals surface area contributed by atoms with Crippen LogP contribution in [0.3, 0.4) is 0 Å². The van der Waals surface area contributed by atoms with Gasteiger partial charge >= 0.3 is 5.97 Å². The third-order valence-electron chi connectivity index (χ3n) is 3.64. The van der Waals surface area contributed by atoms with E-state index in [1.165, 1.54) is 20.0 Å². The summed E-state index contributed by atoms with van der Waals surface area (Å²) in [5, 5.41) is 3.25. The van der Waals surface area contributed by atoms with Crippen molar-refractivity contribution in [3.8, 4) is 0 Å². The summed E-state index contributed by atoms with van der Waals surface area (Å²) in [6.07, 6.45) is 2.55. The Labute approximate surface area is 126 Å². The first-order valence-corrected chi connectivity index (χ1v) is 6.86. The predicted molar refractivity (Wildman–Crippen MR) is 81.3 cm³/mol. The number of methoxy groups -OCH3 is 1. The summed E-state index contributed by atoms with van der Waals surface area (Å²) in [5.74, 6) is 0.423. The number of nitrogens with zero attached hydrogens (tertiary/aromatic N) is 1. The second-order valence-corrected chi connectivity index (χ2v) is 5.19. The van der Waals surface area contributed by atoms with Crippen molar-refractivity contribution >= 4 is 18.4 Å². The molecule has 1 saturated heterocycles. The molecule has 1 aliphatic rings. The third-order valence-corrected chi connectivity index (χ3v) is 3.64. The topological polar surface area (TPSA) is 57.4 Å². The molecule has 1 aliphatic heterocycles. The van der Waals surface area contributed by atoms with Gasteiger partial charge in [0.2, 0.25) is 0 Å². The van der Waals surface area contributed by atoms with Gasteiger partial charge in [-0.05, 0) is 51.0 Å². The molecule has 2 heterocycles. The zero-order valence-electron chi connectivity index (χ0n) is 12.1. The minimum atomic E-state index is -0.307. The molecular formula is C14H24ClN3O2. The first-order chi connectivity index (χ1) is 9.22. The van der Waals surface area contributed by atoms with Crippen molar-refractivity contribution in [3.63, 3.8) is 0 Å². The lowest BCUT2D eigenvalue weighted by Crippen LogP contribution is -2.38. The van der Waals surface area contributed by atoms with Crippen LogP contribution in [0.1, 0.15) is 29.0 Å². The fraction of sp³-hybridized carbons (Fsp3) is 0.643. The molecule has 0 aromatic carbocycles. The Bertz CT molecular complexity index is 420. The SMILES string of the molecule is CNCC1CCCN(Cc2ccc(C(=O)OC)[nH]2)C1.Cl. The quantitative estimate of drug-likeness (QED) is 0.812. The fourth-order valence-corrected chi connectivity index (χ4v) is 2.75. The first-order valence-electron chi connectivity index (χ1n) is 6.86. The van der Waals surface area contributed by atoms with Crippen LogP contribution in [0.4, 0.5) is 0 Å². The highest BCUT2D eigenvalue weighted by molar-refractivity contribution is 5.87. The number of aromatic nitrogens is 1. The Morgan fingerprint density at radius 1 is 1.55 bits per heavy atom. The molecule has 1 aromatic rings. The van der Waals surface area contributed by atoms with Crippen molar-refractivity contribution in [2.75, 3.05) is 33.8 Å². The molecule has 1 aromatic heterocycles. The number of carbonyl (C=O) groups is 1. The van der Waals surface area contributed by atoms with Crippen molar-refractivity contribution in [3.05, 3.63) is 23.5 Å². The van der Waals surface area contributed by atoms with Crippen LogP contribution in [0.15, 0.2) is 12.1 Å². The van der Waals surface area contributed by atoms with Gasteiger partial charge in [-0.15, -0.1) is 12.4 Å². The highest BCUT2D eigenvalue weighted by Gasteiger charge is 2.20. The molecule has 1 fully saturated rings. The summed E-state index contributed by atoms with van der Waals surface area (Å²) in [6, 6.07) is 3.75. The van der Waals surface area contributed by atoms with Gasteiger partial charge in [0.15, 0.2) is 0 Å². The van der Waals surface area contributed by atoms with Crippen LogP contribution in [0.2, 0.25) is 0 Å². The highest BCUT2D eigenvalue weighted by atomic mass is 35.5. The maximum Gasteiger partial charge on any atom is 0.354 e. The maximum absolute atomic E-state index is 11.4. The lowest BCUT2D eigenvalue weighted by molar-refractivity contribution is 0.0594. The summed E-state index contributed by atoms with van der Waals surface area (Å²) in [5.41, 5.74) is 1.60. The Hall–Kier alpha value is -1.04. The highest BCUT2D eigenvalue weighted by Crippen LogP contribution is 2.18. The Morgan fingerprint density at radius 2 is 2.35 bits per heavy atom. The number of carbonyl (C=O) groups excluding carboxylic acids is 1. The van der Waals surface area contributed by atoms with Crippen molar-refractivity contribution in [2.24, 2.45) is 5.92 Å². The monoisotopic (exact) mass is 301 g/mol. The number of hydrogen-bond donors (Lipinski definition) is 2. The number of aromatic amines is 1. The van der Waals surface area contributed by atoms with E-state index in [4.69, 9.17) is 4.74 Å². The molecule has 0 saturated carbocycles. The fourth-order valence-electron chi connectivity index (χ4n) is 2.75. The second kappa shape index (κ2) is 8.29. The molecule has 1 unspecified atom stereocenters. The van der Waals surface area contributed by atoms with Crippen LogP contribution in [0.25, 0.3) is 0 Å². The van der Waals surface area contributed by atoms with E-state index in [1.54, 1.807) is 6.07 Å². The number of nitrogens with one attached hydrogen (secondary N) is 2. The number of rotatable bonds is 5.